The molecule has 1 aromatic carbocycles. The third-order valence-electron chi connectivity index (χ3n) is 8.07. The fraction of sp³-hybridized carbons (Fsp3) is 0.708. The van der Waals surface area contributed by atoms with Gasteiger partial charge in [0.15, 0.2) is 5.79 Å². The number of nitrogens with zero attached hydrogens (tertiary/aromatic N) is 1. The van der Waals surface area contributed by atoms with Gasteiger partial charge in [0, 0.05) is 36.9 Å². The van der Waals surface area contributed by atoms with Crippen molar-refractivity contribution in [1.29, 1.82) is 0 Å². The minimum Gasteiger partial charge on any atom is -0.748 e. The topological polar surface area (TPSA) is 87.9 Å². The summed E-state index contributed by atoms with van der Waals surface area (Å²) in [7, 11) is -2.14. The highest BCUT2D eigenvalue weighted by Crippen LogP contribution is 2.64. The Hall–Kier alpha value is -1.48. The zero-order valence-corrected chi connectivity index (χ0v) is 19.8. The summed E-state index contributed by atoms with van der Waals surface area (Å²) in [6, 6.07) is 6.76. The summed E-state index contributed by atoms with van der Waals surface area (Å²) in [6.45, 7) is 3.90. The molecule has 32 heavy (non-hydrogen) atoms. The monoisotopic (exact) mass is 463 g/mol. The minimum atomic E-state index is -3.92. The molecule has 2 heterocycles. The van der Waals surface area contributed by atoms with Crippen molar-refractivity contribution < 1.29 is 31.8 Å². The highest BCUT2D eigenvalue weighted by molar-refractivity contribution is 7.84. The van der Waals surface area contributed by atoms with Crippen LogP contribution < -0.4 is 4.74 Å². The Kier molecular flexibility index (Phi) is 5.43. The fourth-order valence-electron chi connectivity index (χ4n) is 6.59. The van der Waals surface area contributed by atoms with Gasteiger partial charge in [-0.15, -0.1) is 0 Å². The molecule has 176 valence electrons. The van der Waals surface area contributed by atoms with E-state index in [1.54, 1.807) is 7.11 Å². The molecule has 3 aliphatic carbocycles. The van der Waals surface area contributed by atoms with Crippen LogP contribution in [0.4, 0.5) is 0 Å². The zero-order valence-electron chi connectivity index (χ0n) is 19.0. The van der Waals surface area contributed by atoms with Gasteiger partial charge in [0.1, 0.15) is 25.1 Å². The summed E-state index contributed by atoms with van der Waals surface area (Å²) in [5, 5.41) is 0. The Balaban J connectivity index is 0.000000393. The van der Waals surface area contributed by atoms with Crippen LogP contribution in [0.5, 0.6) is 5.75 Å². The van der Waals surface area contributed by atoms with Crippen LogP contribution in [0, 0.1) is 11.3 Å². The van der Waals surface area contributed by atoms with Crippen molar-refractivity contribution in [3.63, 3.8) is 0 Å². The highest BCUT2D eigenvalue weighted by atomic mass is 32.2. The predicted octanol–water partition coefficient (Wildman–Crippen LogP) is 2.46. The lowest BCUT2D eigenvalue weighted by molar-refractivity contribution is -0.540. The molecule has 8 heteroatoms. The van der Waals surface area contributed by atoms with Crippen LogP contribution in [-0.2, 0) is 31.4 Å². The Bertz CT molecular complexity index is 1020. The van der Waals surface area contributed by atoms with E-state index in [0.29, 0.717) is 6.26 Å². The highest BCUT2D eigenvalue weighted by Gasteiger charge is 2.67. The van der Waals surface area contributed by atoms with Gasteiger partial charge < -0.3 is 18.8 Å². The van der Waals surface area contributed by atoms with Gasteiger partial charge in [0.25, 0.3) is 0 Å². The Labute approximate surface area is 190 Å². The van der Waals surface area contributed by atoms with Gasteiger partial charge in [-0.3, -0.25) is 0 Å². The van der Waals surface area contributed by atoms with Crippen molar-refractivity contribution in [3.8, 4) is 5.75 Å². The Morgan fingerprint density at radius 2 is 1.91 bits per heavy atom. The number of hydrogen-bond acceptors (Lipinski definition) is 6. The Morgan fingerprint density at radius 1 is 1.19 bits per heavy atom. The van der Waals surface area contributed by atoms with Gasteiger partial charge in [-0.1, -0.05) is 6.07 Å². The Morgan fingerprint density at radius 3 is 2.56 bits per heavy atom. The number of fused-ring (bicyclic) bond motifs is 1. The number of hydrogen-bond donors (Lipinski definition) is 0. The molecule has 6 rings (SSSR count). The molecule has 2 saturated carbocycles. The number of methoxy groups -OCH3 is 1. The van der Waals surface area contributed by atoms with E-state index in [4.69, 9.17) is 27.2 Å². The lowest BCUT2D eigenvalue weighted by atomic mass is 9.53. The largest absolute Gasteiger partial charge is 0.748 e. The standard InChI is InChI=1S/C23H30NO3.CH4O3S/c1-25-19-5-4-18-13-21-6-7-23(26-10-11-27-23)15-22(21,20(18)12-19)8-9-24(16-21)14-17-2-3-17;1-5(2,3)4/h4-5,12,16-17H,2-3,6-11,13-15H2,1H3;1H3,(H,2,3,4)/q+1;/p-1. The van der Waals surface area contributed by atoms with E-state index in [0.717, 1.165) is 57.1 Å². The normalized spacial score (nSPS) is 32.3. The van der Waals surface area contributed by atoms with E-state index in [1.807, 2.05) is 0 Å². The summed E-state index contributed by atoms with van der Waals surface area (Å²) < 4.78 is 47.9. The quantitative estimate of drug-likeness (QED) is 0.506. The van der Waals surface area contributed by atoms with Crippen molar-refractivity contribution in [1.82, 2.24) is 0 Å². The van der Waals surface area contributed by atoms with Crippen LogP contribution in [0.1, 0.15) is 49.7 Å². The molecule has 2 unspecified atom stereocenters. The second kappa shape index (κ2) is 7.79. The van der Waals surface area contributed by atoms with Crippen LogP contribution >= 0.6 is 0 Å². The summed E-state index contributed by atoms with van der Waals surface area (Å²) in [5.74, 6) is 1.55. The zero-order chi connectivity index (χ0) is 22.6. The van der Waals surface area contributed by atoms with Crippen LogP contribution in [0.25, 0.3) is 0 Å². The summed E-state index contributed by atoms with van der Waals surface area (Å²) >= 11 is 0. The molecule has 1 spiro atoms. The van der Waals surface area contributed by atoms with E-state index in [1.165, 1.54) is 36.9 Å². The fourth-order valence-corrected chi connectivity index (χ4v) is 6.59. The van der Waals surface area contributed by atoms with Crippen LogP contribution in [0.3, 0.4) is 0 Å². The van der Waals surface area contributed by atoms with Gasteiger partial charge in [-0.25, -0.2) is 13.0 Å². The van der Waals surface area contributed by atoms with Crippen molar-refractivity contribution in [2.75, 3.05) is 39.7 Å². The van der Waals surface area contributed by atoms with Crippen molar-refractivity contribution in [2.24, 2.45) is 11.3 Å². The molecule has 5 aliphatic rings. The summed E-state index contributed by atoms with van der Waals surface area (Å²) in [5.41, 5.74) is 3.35. The molecule has 0 N–H and O–H groups in total. The second-order valence-electron chi connectivity index (χ2n) is 10.2. The first-order valence-corrected chi connectivity index (χ1v) is 13.4. The van der Waals surface area contributed by atoms with Crippen molar-refractivity contribution >= 4 is 16.3 Å². The smallest absolute Gasteiger partial charge is 0.169 e. The third-order valence-corrected chi connectivity index (χ3v) is 8.07. The van der Waals surface area contributed by atoms with E-state index in [2.05, 4.69) is 29.0 Å². The molecule has 0 amide bonds. The SMILES string of the molecule is COc1ccc2c(c1)C13CC[N+](CC4CC4)=CC1(CCC1(C3)OCCO1)C2.CS(=O)(=O)[O-]. The number of rotatable bonds is 3. The van der Waals surface area contributed by atoms with E-state index >= 15 is 0 Å². The first-order valence-electron chi connectivity index (χ1n) is 11.6. The van der Waals surface area contributed by atoms with E-state index in [9.17, 15) is 0 Å². The molecule has 7 nitrogen and oxygen atoms in total. The molecule has 1 aromatic rings. The maximum absolute atomic E-state index is 9.08. The van der Waals surface area contributed by atoms with Gasteiger partial charge in [-0.2, -0.15) is 0 Å². The van der Waals surface area contributed by atoms with Crippen molar-refractivity contribution in [3.05, 3.63) is 29.3 Å². The molecule has 3 fully saturated rings. The van der Waals surface area contributed by atoms with E-state index in [-0.39, 0.29) is 16.6 Å². The van der Waals surface area contributed by atoms with Gasteiger partial charge >= 0.3 is 0 Å². The maximum Gasteiger partial charge on any atom is 0.169 e. The van der Waals surface area contributed by atoms with Gasteiger partial charge in [-0.05, 0) is 48.9 Å². The average Bonchev–Trinajstić information content (AvgIpc) is 3.35. The van der Waals surface area contributed by atoms with Gasteiger partial charge in [0.2, 0.25) is 0 Å². The minimum absolute atomic E-state index is 0.125. The average molecular weight is 464 g/mol. The lowest BCUT2D eigenvalue weighted by Crippen LogP contribution is -2.59. The molecular formula is C24H33NO6S. The third kappa shape index (κ3) is 4.00. The van der Waals surface area contributed by atoms with Crippen molar-refractivity contribution in [2.45, 2.75) is 56.1 Å². The summed E-state index contributed by atoms with van der Waals surface area (Å²) in [6.07, 6.45) is 11.6. The molecular weight excluding hydrogens is 430 g/mol. The molecule has 0 bridgehead atoms. The van der Waals surface area contributed by atoms with Crippen LogP contribution in [0.2, 0.25) is 0 Å². The molecule has 2 aliphatic heterocycles. The van der Waals surface area contributed by atoms with Crippen LogP contribution in [0.15, 0.2) is 18.2 Å². The molecule has 2 atom stereocenters. The maximum atomic E-state index is 9.08. The lowest BCUT2D eigenvalue weighted by Gasteiger charge is -2.53. The first-order chi connectivity index (χ1) is 15.2. The number of benzene rings is 1. The van der Waals surface area contributed by atoms with Gasteiger partial charge in [0.05, 0.1) is 35.9 Å². The molecule has 0 radical (unpaired) electrons. The number of ether oxygens (including phenoxy) is 3. The van der Waals surface area contributed by atoms with Crippen LogP contribution in [-0.4, -0.2) is 69.2 Å². The molecule has 1 saturated heterocycles. The molecule has 0 aromatic heterocycles. The second-order valence-corrected chi connectivity index (χ2v) is 11.7. The van der Waals surface area contributed by atoms with E-state index < -0.39 is 10.1 Å². The predicted molar refractivity (Wildman–Crippen MR) is 118 cm³/mol. The first kappa shape index (κ1) is 22.3. The summed E-state index contributed by atoms with van der Waals surface area (Å²) in [4.78, 5) is 0.